The monoisotopic (exact) mass is 496 g/mol. The molecule has 0 heterocycles. The van der Waals surface area contributed by atoms with Crippen LogP contribution in [-0.2, 0) is 25.7 Å². The lowest BCUT2D eigenvalue weighted by atomic mass is 9.98. The molecule has 0 nitrogen and oxygen atoms in total. The van der Waals surface area contributed by atoms with E-state index in [1.165, 1.54) is 58.7 Å². The first-order valence-electron chi connectivity index (χ1n) is 14.4. The summed E-state index contributed by atoms with van der Waals surface area (Å²) in [5, 5.41) is 2.39. The quantitative estimate of drug-likeness (QED) is 0.213. The third-order valence-electron chi connectivity index (χ3n) is 7.26. The summed E-state index contributed by atoms with van der Waals surface area (Å²) in [4.78, 5) is 0. The molecule has 0 saturated heterocycles. The zero-order valence-corrected chi connectivity index (χ0v) is 23.6. The molecule has 0 spiro atoms. The van der Waals surface area contributed by atoms with Crippen LogP contribution in [0.25, 0.3) is 10.8 Å². The third kappa shape index (κ3) is 7.18. The smallest absolute Gasteiger partial charge is 0.0281 e. The standard InChI is InChI=1S/C38H40/c1-5-9-11-29-13-19-35(33(7-3)25-29)21-15-31-17-23-38-28-32(18-24-37(38)27-31)16-22-36-20-14-30(12-10-6-2)26-34(36)8-4/h13-14,17-20,23-28H,5-12H2,1-4H3. The first-order valence-corrected chi connectivity index (χ1v) is 14.4. The molecule has 192 valence electrons. The van der Waals surface area contributed by atoms with Crippen LogP contribution in [-0.4, -0.2) is 0 Å². The molecule has 0 aromatic heterocycles. The minimum absolute atomic E-state index is 1.01. The Hall–Kier alpha value is -3.74. The van der Waals surface area contributed by atoms with Crippen LogP contribution >= 0.6 is 0 Å². The van der Waals surface area contributed by atoms with E-state index in [-0.39, 0.29) is 0 Å². The maximum Gasteiger partial charge on any atom is 0.0281 e. The van der Waals surface area contributed by atoms with Crippen molar-refractivity contribution in [2.45, 2.75) is 79.1 Å². The van der Waals surface area contributed by atoms with Crippen molar-refractivity contribution < 1.29 is 0 Å². The normalized spacial score (nSPS) is 10.5. The van der Waals surface area contributed by atoms with Gasteiger partial charge < -0.3 is 0 Å². The molecule has 0 heteroatoms. The van der Waals surface area contributed by atoms with Crippen molar-refractivity contribution in [1.82, 2.24) is 0 Å². The van der Waals surface area contributed by atoms with Crippen molar-refractivity contribution in [1.29, 1.82) is 0 Å². The van der Waals surface area contributed by atoms with Gasteiger partial charge in [-0.2, -0.15) is 0 Å². The third-order valence-corrected chi connectivity index (χ3v) is 7.26. The fourth-order valence-corrected chi connectivity index (χ4v) is 4.88. The Balaban J connectivity index is 1.53. The van der Waals surface area contributed by atoms with Gasteiger partial charge in [0.25, 0.3) is 0 Å². The van der Waals surface area contributed by atoms with E-state index in [2.05, 4.69) is 124 Å². The summed E-state index contributed by atoms with van der Waals surface area (Å²) in [7, 11) is 0. The van der Waals surface area contributed by atoms with Gasteiger partial charge in [0.1, 0.15) is 0 Å². The highest BCUT2D eigenvalue weighted by molar-refractivity contribution is 5.85. The van der Waals surface area contributed by atoms with E-state index in [9.17, 15) is 0 Å². The molecule has 4 aromatic rings. The van der Waals surface area contributed by atoms with Crippen LogP contribution in [0.15, 0.2) is 72.8 Å². The molecule has 0 radical (unpaired) electrons. The Bertz CT molecular complexity index is 1390. The van der Waals surface area contributed by atoms with Gasteiger partial charge in [-0.05, 0) is 108 Å². The number of fused-ring (bicyclic) bond motifs is 1. The Morgan fingerprint density at radius 3 is 1.32 bits per heavy atom. The summed E-state index contributed by atoms with van der Waals surface area (Å²) < 4.78 is 0. The van der Waals surface area contributed by atoms with Crippen molar-refractivity contribution in [3.05, 3.63) is 117 Å². The van der Waals surface area contributed by atoms with Gasteiger partial charge in [0, 0.05) is 22.3 Å². The summed E-state index contributed by atoms with van der Waals surface area (Å²) in [6, 6.07) is 26.5. The molecule has 0 fully saturated rings. The minimum atomic E-state index is 1.01. The second kappa shape index (κ2) is 13.7. The van der Waals surface area contributed by atoms with Gasteiger partial charge in [0.2, 0.25) is 0 Å². The van der Waals surface area contributed by atoms with Crippen LogP contribution in [0.5, 0.6) is 0 Å². The van der Waals surface area contributed by atoms with Gasteiger partial charge in [0.05, 0.1) is 0 Å². The average Bonchev–Trinajstić information content (AvgIpc) is 2.96. The van der Waals surface area contributed by atoms with Gasteiger partial charge in [0.15, 0.2) is 0 Å². The van der Waals surface area contributed by atoms with E-state index in [4.69, 9.17) is 0 Å². The zero-order valence-electron chi connectivity index (χ0n) is 23.6. The summed E-state index contributed by atoms with van der Waals surface area (Å²) >= 11 is 0. The molecule has 0 aliphatic heterocycles. The van der Waals surface area contributed by atoms with E-state index < -0.39 is 0 Å². The van der Waals surface area contributed by atoms with E-state index in [0.29, 0.717) is 0 Å². The van der Waals surface area contributed by atoms with E-state index in [1.54, 1.807) is 0 Å². The van der Waals surface area contributed by atoms with Gasteiger partial charge in [-0.1, -0.05) is 101 Å². The molecule has 38 heavy (non-hydrogen) atoms. The predicted molar refractivity (Wildman–Crippen MR) is 165 cm³/mol. The fourth-order valence-electron chi connectivity index (χ4n) is 4.88. The SMILES string of the molecule is CCCCc1ccc(C#Cc2ccc3cc(C#Cc4ccc(CCCC)cc4CC)ccc3c2)c(CC)c1. The van der Waals surface area contributed by atoms with Gasteiger partial charge in [-0.3, -0.25) is 0 Å². The van der Waals surface area contributed by atoms with Crippen LogP contribution in [0.4, 0.5) is 0 Å². The van der Waals surface area contributed by atoms with Gasteiger partial charge >= 0.3 is 0 Å². The van der Waals surface area contributed by atoms with E-state index in [0.717, 1.165) is 47.9 Å². The van der Waals surface area contributed by atoms with Crippen LogP contribution in [0, 0.1) is 23.7 Å². The predicted octanol–water partition coefficient (Wildman–Crippen LogP) is 9.45. The highest BCUT2D eigenvalue weighted by Crippen LogP contribution is 2.19. The zero-order chi connectivity index (χ0) is 26.7. The fraction of sp³-hybridized carbons (Fsp3) is 0.316. The van der Waals surface area contributed by atoms with Crippen molar-refractivity contribution in [3.8, 4) is 23.7 Å². The second-order valence-electron chi connectivity index (χ2n) is 10.2. The maximum atomic E-state index is 3.43. The average molecular weight is 497 g/mol. The number of rotatable bonds is 8. The highest BCUT2D eigenvalue weighted by Gasteiger charge is 2.03. The number of hydrogen-bond acceptors (Lipinski definition) is 0. The molecule has 0 aliphatic rings. The lowest BCUT2D eigenvalue weighted by Gasteiger charge is -2.06. The first-order chi connectivity index (χ1) is 18.6. The van der Waals surface area contributed by atoms with Crippen LogP contribution < -0.4 is 0 Å². The number of unbranched alkanes of at least 4 members (excludes halogenated alkanes) is 2. The van der Waals surface area contributed by atoms with Crippen LogP contribution in [0.3, 0.4) is 0 Å². The first kappa shape index (κ1) is 27.3. The summed E-state index contributed by atoms with van der Waals surface area (Å²) in [6.07, 6.45) is 9.26. The van der Waals surface area contributed by atoms with Crippen LogP contribution in [0.2, 0.25) is 0 Å². The highest BCUT2D eigenvalue weighted by atomic mass is 14.1. The molecule has 0 atom stereocenters. The maximum absolute atomic E-state index is 3.43. The molecule has 0 saturated carbocycles. The lowest BCUT2D eigenvalue weighted by Crippen LogP contribution is -1.92. The van der Waals surface area contributed by atoms with Gasteiger partial charge in [-0.15, -0.1) is 0 Å². The summed E-state index contributed by atoms with van der Waals surface area (Å²) in [5.41, 5.74) is 9.91. The summed E-state index contributed by atoms with van der Waals surface area (Å²) in [5.74, 6) is 13.7. The Labute approximate surface area is 230 Å². The molecule has 4 rings (SSSR count). The minimum Gasteiger partial charge on any atom is -0.0654 e. The molecule has 4 aromatic carbocycles. The molecule has 0 amide bonds. The number of hydrogen-bond donors (Lipinski definition) is 0. The van der Waals surface area contributed by atoms with Crippen molar-refractivity contribution in [3.63, 3.8) is 0 Å². The van der Waals surface area contributed by atoms with E-state index in [1.807, 2.05) is 0 Å². The van der Waals surface area contributed by atoms with Crippen molar-refractivity contribution in [2.75, 3.05) is 0 Å². The van der Waals surface area contributed by atoms with Gasteiger partial charge in [-0.25, -0.2) is 0 Å². The Morgan fingerprint density at radius 2 is 0.921 bits per heavy atom. The molecular formula is C38H40. The van der Waals surface area contributed by atoms with Crippen molar-refractivity contribution >= 4 is 10.8 Å². The Morgan fingerprint density at radius 1 is 0.474 bits per heavy atom. The van der Waals surface area contributed by atoms with E-state index >= 15 is 0 Å². The number of aryl methyl sites for hydroxylation is 4. The molecule has 0 bridgehead atoms. The molecular weight excluding hydrogens is 456 g/mol. The topological polar surface area (TPSA) is 0 Å². The van der Waals surface area contributed by atoms with Crippen molar-refractivity contribution in [2.24, 2.45) is 0 Å². The molecule has 0 N–H and O–H groups in total. The number of benzene rings is 4. The Kier molecular flexibility index (Phi) is 9.84. The summed E-state index contributed by atoms with van der Waals surface area (Å²) in [6.45, 7) is 8.92. The largest absolute Gasteiger partial charge is 0.0654 e. The van der Waals surface area contributed by atoms with Crippen LogP contribution in [0.1, 0.15) is 97.9 Å². The lowest BCUT2D eigenvalue weighted by molar-refractivity contribution is 0.794. The second-order valence-corrected chi connectivity index (χ2v) is 10.2. The molecule has 0 aliphatic carbocycles. The molecule has 0 unspecified atom stereocenters.